The minimum absolute atomic E-state index is 0.0494. The first-order valence-electron chi connectivity index (χ1n) is 8.43. The zero-order chi connectivity index (χ0) is 16.7. The molecule has 0 atom stereocenters. The predicted octanol–water partition coefficient (Wildman–Crippen LogP) is 5.38. The van der Waals surface area contributed by atoms with Crippen LogP contribution in [0.2, 0.25) is 0 Å². The number of benzene rings is 2. The molecule has 4 aromatic rings. The molecule has 0 amide bonds. The van der Waals surface area contributed by atoms with E-state index in [9.17, 15) is 5.11 Å². The molecule has 2 aromatic heterocycles. The van der Waals surface area contributed by atoms with E-state index in [1.165, 1.54) is 22.0 Å². The molecule has 24 heavy (non-hydrogen) atoms. The van der Waals surface area contributed by atoms with Crippen LogP contribution in [-0.2, 0) is 6.61 Å². The van der Waals surface area contributed by atoms with E-state index in [1.54, 1.807) is 0 Å². The van der Waals surface area contributed by atoms with Crippen molar-refractivity contribution in [1.29, 1.82) is 0 Å². The van der Waals surface area contributed by atoms with Crippen LogP contribution in [0.4, 0.5) is 0 Å². The first kappa shape index (κ1) is 15.0. The summed E-state index contributed by atoms with van der Waals surface area (Å²) in [5.74, 6) is 0.332. The smallest absolute Gasteiger partial charge is 0.0706 e. The minimum Gasteiger partial charge on any atom is -0.392 e. The molecular weight excluding hydrogens is 294 g/mol. The van der Waals surface area contributed by atoms with Crippen LogP contribution >= 0.6 is 0 Å². The summed E-state index contributed by atoms with van der Waals surface area (Å²) in [7, 11) is 0. The van der Waals surface area contributed by atoms with Crippen LogP contribution in [0, 0.1) is 0 Å². The second kappa shape index (κ2) is 5.81. The van der Waals surface area contributed by atoms with Crippen molar-refractivity contribution >= 4 is 16.3 Å². The first-order valence-corrected chi connectivity index (χ1v) is 8.43. The molecule has 2 heterocycles. The van der Waals surface area contributed by atoms with Gasteiger partial charge in [-0.05, 0) is 22.9 Å². The van der Waals surface area contributed by atoms with Crippen molar-refractivity contribution in [2.45, 2.75) is 26.4 Å². The van der Waals surface area contributed by atoms with Gasteiger partial charge in [-0.15, -0.1) is 0 Å². The molecule has 2 aromatic carbocycles. The molecule has 0 aliphatic rings. The summed E-state index contributed by atoms with van der Waals surface area (Å²) >= 11 is 0. The number of hydrogen-bond donors (Lipinski definition) is 1. The van der Waals surface area contributed by atoms with E-state index >= 15 is 0 Å². The fraction of sp³-hybridized carbons (Fsp3) is 0.182. The van der Waals surface area contributed by atoms with Gasteiger partial charge in [0.2, 0.25) is 0 Å². The van der Waals surface area contributed by atoms with Gasteiger partial charge in [0.05, 0.1) is 12.1 Å². The van der Waals surface area contributed by atoms with E-state index in [4.69, 9.17) is 0 Å². The summed E-state index contributed by atoms with van der Waals surface area (Å²) in [5, 5.41) is 12.6. The quantitative estimate of drug-likeness (QED) is 0.539. The molecule has 0 bridgehead atoms. The molecule has 0 spiro atoms. The van der Waals surface area contributed by atoms with Gasteiger partial charge < -0.3 is 9.51 Å². The van der Waals surface area contributed by atoms with E-state index in [0.717, 1.165) is 16.7 Å². The molecule has 0 saturated carbocycles. The average molecular weight is 315 g/mol. The van der Waals surface area contributed by atoms with Gasteiger partial charge in [0.15, 0.2) is 0 Å². The number of fused-ring (bicyclic) bond motifs is 3. The second-order valence-corrected chi connectivity index (χ2v) is 6.54. The molecule has 2 heteroatoms. The summed E-state index contributed by atoms with van der Waals surface area (Å²) < 4.78 is 2.26. The number of rotatable bonds is 3. The van der Waals surface area contributed by atoms with Crippen molar-refractivity contribution < 1.29 is 5.11 Å². The highest BCUT2D eigenvalue weighted by Crippen LogP contribution is 2.39. The topological polar surface area (TPSA) is 24.6 Å². The highest BCUT2D eigenvalue weighted by molar-refractivity contribution is 6.05. The van der Waals surface area contributed by atoms with Crippen LogP contribution in [0.1, 0.15) is 31.0 Å². The second-order valence-electron chi connectivity index (χ2n) is 6.54. The van der Waals surface area contributed by atoms with Crippen molar-refractivity contribution in [2.75, 3.05) is 0 Å². The lowest BCUT2D eigenvalue weighted by molar-refractivity contribution is 0.280. The largest absolute Gasteiger partial charge is 0.392 e. The monoisotopic (exact) mass is 315 g/mol. The highest BCUT2D eigenvalue weighted by atomic mass is 16.3. The molecule has 2 nitrogen and oxygen atoms in total. The average Bonchev–Trinajstić information content (AvgIpc) is 2.97. The van der Waals surface area contributed by atoms with Gasteiger partial charge in [-0.25, -0.2) is 0 Å². The Labute approximate surface area is 142 Å². The summed E-state index contributed by atoms with van der Waals surface area (Å²) in [6.07, 6.45) is 2.14. The SMILES string of the molecule is CC(C)c1c(CO)c(-c2ccccc2)c2c3ccccc3ccn12. The Bertz CT molecular complexity index is 1010. The summed E-state index contributed by atoms with van der Waals surface area (Å²) in [6, 6.07) is 21.0. The standard InChI is InChI=1S/C22H21NO/c1-15(2)21-19(14-24)20(17-9-4-3-5-10-17)22-18-11-7-6-8-16(18)12-13-23(21)22/h3-13,15,24H,14H2,1-2H3. The van der Waals surface area contributed by atoms with Gasteiger partial charge in [-0.1, -0.05) is 68.4 Å². The molecule has 0 aliphatic heterocycles. The van der Waals surface area contributed by atoms with Crippen molar-refractivity contribution in [3.05, 3.63) is 78.1 Å². The van der Waals surface area contributed by atoms with Crippen molar-refractivity contribution in [1.82, 2.24) is 4.40 Å². The van der Waals surface area contributed by atoms with E-state index in [1.807, 2.05) is 6.07 Å². The van der Waals surface area contributed by atoms with Crippen LogP contribution in [0.5, 0.6) is 0 Å². The molecule has 1 N–H and O–H groups in total. The van der Waals surface area contributed by atoms with Gasteiger partial charge in [0.25, 0.3) is 0 Å². The van der Waals surface area contributed by atoms with Crippen LogP contribution in [0.3, 0.4) is 0 Å². The number of aromatic nitrogens is 1. The lowest BCUT2D eigenvalue weighted by atomic mass is 9.97. The maximum absolute atomic E-state index is 10.2. The van der Waals surface area contributed by atoms with E-state index in [-0.39, 0.29) is 6.61 Å². The molecule has 0 aliphatic carbocycles. The van der Waals surface area contributed by atoms with Gasteiger partial charge >= 0.3 is 0 Å². The molecule has 120 valence electrons. The Morgan fingerprint density at radius 3 is 2.33 bits per heavy atom. The summed E-state index contributed by atoms with van der Waals surface area (Å²) in [6.45, 7) is 4.42. The Morgan fingerprint density at radius 2 is 1.62 bits per heavy atom. The van der Waals surface area contributed by atoms with E-state index in [2.05, 4.69) is 79.0 Å². The molecule has 0 fully saturated rings. The first-order chi connectivity index (χ1) is 11.7. The zero-order valence-corrected chi connectivity index (χ0v) is 14.0. The summed E-state index contributed by atoms with van der Waals surface area (Å²) in [4.78, 5) is 0. The van der Waals surface area contributed by atoms with Crippen molar-refractivity contribution in [3.63, 3.8) is 0 Å². The number of hydrogen-bond acceptors (Lipinski definition) is 1. The number of nitrogens with zero attached hydrogens (tertiary/aromatic N) is 1. The maximum atomic E-state index is 10.2. The Hall–Kier alpha value is -2.58. The van der Waals surface area contributed by atoms with Crippen molar-refractivity contribution in [3.8, 4) is 11.1 Å². The number of pyridine rings is 1. The van der Waals surface area contributed by atoms with Gasteiger partial charge in [-0.3, -0.25) is 0 Å². The Balaban J connectivity index is 2.25. The lowest BCUT2D eigenvalue weighted by Crippen LogP contribution is -1.99. The number of aliphatic hydroxyl groups is 1. The minimum atomic E-state index is 0.0494. The third-order valence-corrected chi connectivity index (χ3v) is 4.73. The molecule has 0 radical (unpaired) electrons. The van der Waals surface area contributed by atoms with Crippen LogP contribution < -0.4 is 0 Å². The van der Waals surface area contributed by atoms with E-state index in [0.29, 0.717) is 5.92 Å². The fourth-order valence-electron chi connectivity index (χ4n) is 3.79. The molecule has 0 unspecified atom stereocenters. The van der Waals surface area contributed by atoms with Crippen LogP contribution in [-0.4, -0.2) is 9.51 Å². The lowest BCUT2D eigenvalue weighted by Gasteiger charge is -2.09. The normalized spacial score (nSPS) is 11.7. The Morgan fingerprint density at radius 1 is 0.917 bits per heavy atom. The van der Waals surface area contributed by atoms with E-state index < -0.39 is 0 Å². The number of aliphatic hydroxyl groups excluding tert-OH is 1. The van der Waals surface area contributed by atoms with Crippen molar-refractivity contribution in [2.24, 2.45) is 0 Å². The summed E-state index contributed by atoms with van der Waals surface area (Å²) in [5.41, 5.74) is 5.72. The third kappa shape index (κ3) is 2.15. The Kier molecular flexibility index (Phi) is 3.62. The molecule has 4 rings (SSSR count). The van der Waals surface area contributed by atoms with Crippen LogP contribution in [0.15, 0.2) is 66.9 Å². The predicted molar refractivity (Wildman–Crippen MR) is 100 cm³/mol. The highest BCUT2D eigenvalue weighted by Gasteiger charge is 2.22. The van der Waals surface area contributed by atoms with Crippen LogP contribution in [0.25, 0.3) is 27.4 Å². The molecule has 0 saturated heterocycles. The third-order valence-electron chi connectivity index (χ3n) is 4.73. The fourth-order valence-corrected chi connectivity index (χ4v) is 3.79. The van der Waals surface area contributed by atoms with Gasteiger partial charge in [0, 0.05) is 28.4 Å². The van der Waals surface area contributed by atoms with Gasteiger partial charge in [0.1, 0.15) is 0 Å². The molecular formula is C22H21NO. The zero-order valence-electron chi connectivity index (χ0n) is 14.0. The van der Waals surface area contributed by atoms with Gasteiger partial charge in [-0.2, -0.15) is 0 Å². The maximum Gasteiger partial charge on any atom is 0.0706 e.